The van der Waals surface area contributed by atoms with E-state index in [0.717, 1.165) is 6.42 Å². The minimum absolute atomic E-state index is 0.114. The number of aliphatic hydroxyl groups is 1. The van der Waals surface area contributed by atoms with E-state index in [9.17, 15) is 9.90 Å². The van der Waals surface area contributed by atoms with Gasteiger partial charge in [-0.15, -0.1) is 0 Å². The summed E-state index contributed by atoms with van der Waals surface area (Å²) in [5, 5.41) is 18.2. The second kappa shape index (κ2) is 5.32. The molecule has 0 aromatic rings. The molecule has 2 atom stereocenters. The monoisotopic (exact) mass is 203 g/mol. The van der Waals surface area contributed by atoms with Gasteiger partial charge in [-0.3, -0.25) is 9.69 Å². The Morgan fingerprint density at radius 2 is 2.07 bits per heavy atom. The third-order valence-electron chi connectivity index (χ3n) is 3.02. The average molecular weight is 203 g/mol. The van der Waals surface area contributed by atoms with Crippen molar-refractivity contribution >= 4 is 5.97 Å². The predicted molar refractivity (Wildman–Crippen MR) is 55.2 cm³/mol. The van der Waals surface area contributed by atoms with Crippen molar-refractivity contribution in [3.8, 4) is 0 Å². The van der Waals surface area contributed by atoms with E-state index in [4.69, 9.17) is 5.11 Å². The molecule has 84 valence electrons. The van der Waals surface area contributed by atoms with E-state index in [0.29, 0.717) is 6.54 Å². The van der Waals surface area contributed by atoms with E-state index >= 15 is 0 Å². The summed E-state index contributed by atoms with van der Waals surface area (Å²) in [5.74, 6) is -1.16. The molecule has 2 N–H and O–H groups in total. The van der Waals surface area contributed by atoms with Gasteiger partial charge >= 0.3 is 5.97 Å². The summed E-state index contributed by atoms with van der Waals surface area (Å²) in [6, 6.07) is 0. The Kier molecular flexibility index (Phi) is 5.08. The van der Waals surface area contributed by atoms with Crippen LogP contribution in [0.4, 0.5) is 0 Å². The van der Waals surface area contributed by atoms with Crippen molar-refractivity contribution in [1.82, 2.24) is 4.90 Å². The fourth-order valence-corrected chi connectivity index (χ4v) is 1.50. The van der Waals surface area contributed by atoms with Crippen molar-refractivity contribution in [3.63, 3.8) is 0 Å². The van der Waals surface area contributed by atoms with Gasteiger partial charge in [-0.2, -0.15) is 0 Å². The normalized spacial score (nSPS) is 17.9. The molecule has 0 aliphatic rings. The van der Waals surface area contributed by atoms with Gasteiger partial charge in [0.2, 0.25) is 0 Å². The molecule has 0 heterocycles. The summed E-state index contributed by atoms with van der Waals surface area (Å²) >= 11 is 0. The van der Waals surface area contributed by atoms with Gasteiger partial charge in [0.05, 0.1) is 0 Å². The molecule has 4 nitrogen and oxygen atoms in total. The Morgan fingerprint density at radius 3 is 2.36 bits per heavy atom. The smallest absolute Gasteiger partial charge is 0.324 e. The molecule has 0 aliphatic carbocycles. The van der Waals surface area contributed by atoms with Crippen molar-refractivity contribution in [1.29, 1.82) is 0 Å². The maximum Gasteiger partial charge on any atom is 0.324 e. The number of nitrogens with zero attached hydrogens (tertiary/aromatic N) is 1. The number of carbonyl (C=O) groups is 1. The molecule has 0 spiro atoms. The molecule has 0 aromatic carbocycles. The molecule has 0 fully saturated rings. The van der Waals surface area contributed by atoms with E-state index in [1.165, 1.54) is 0 Å². The van der Waals surface area contributed by atoms with Gasteiger partial charge in [0.1, 0.15) is 5.54 Å². The first-order valence-corrected chi connectivity index (χ1v) is 4.96. The Morgan fingerprint density at radius 1 is 1.57 bits per heavy atom. The van der Waals surface area contributed by atoms with Gasteiger partial charge in [0.25, 0.3) is 0 Å². The van der Waals surface area contributed by atoms with Crippen LogP contribution in [0, 0.1) is 5.92 Å². The fourth-order valence-electron chi connectivity index (χ4n) is 1.50. The summed E-state index contributed by atoms with van der Waals surface area (Å²) in [4.78, 5) is 13.0. The highest BCUT2D eigenvalue weighted by atomic mass is 16.4. The SMILES string of the molecule is CCCN(C)C(C)(C(=O)O)C(C)CO. The predicted octanol–water partition coefficient (Wildman–Crippen LogP) is 0.800. The summed E-state index contributed by atoms with van der Waals surface area (Å²) in [6.07, 6.45) is 0.900. The topological polar surface area (TPSA) is 60.8 Å². The molecule has 0 amide bonds. The quantitative estimate of drug-likeness (QED) is 0.670. The first kappa shape index (κ1) is 13.4. The van der Waals surface area contributed by atoms with Gasteiger partial charge in [0, 0.05) is 12.5 Å². The summed E-state index contributed by atoms with van der Waals surface area (Å²) < 4.78 is 0. The lowest BCUT2D eigenvalue weighted by atomic mass is 9.86. The second-order valence-electron chi connectivity index (χ2n) is 3.96. The van der Waals surface area contributed by atoms with E-state index in [2.05, 4.69) is 0 Å². The average Bonchev–Trinajstić information content (AvgIpc) is 2.15. The first-order valence-electron chi connectivity index (χ1n) is 4.96. The van der Waals surface area contributed by atoms with Crippen LogP contribution < -0.4 is 0 Å². The highest BCUT2D eigenvalue weighted by molar-refractivity contribution is 5.78. The van der Waals surface area contributed by atoms with Crippen LogP contribution in [-0.4, -0.2) is 46.8 Å². The molecule has 0 saturated heterocycles. The number of aliphatic carboxylic acids is 1. The Labute approximate surface area is 85.5 Å². The molecule has 0 radical (unpaired) electrons. The maximum atomic E-state index is 11.2. The fraction of sp³-hybridized carbons (Fsp3) is 0.900. The van der Waals surface area contributed by atoms with Crippen LogP contribution >= 0.6 is 0 Å². The minimum atomic E-state index is -0.981. The molecular formula is C10H21NO3. The second-order valence-corrected chi connectivity index (χ2v) is 3.96. The Balaban J connectivity index is 4.79. The van der Waals surface area contributed by atoms with Crippen LogP contribution in [0.5, 0.6) is 0 Å². The van der Waals surface area contributed by atoms with Gasteiger partial charge in [-0.1, -0.05) is 13.8 Å². The highest BCUT2D eigenvalue weighted by Gasteiger charge is 2.42. The lowest BCUT2D eigenvalue weighted by molar-refractivity contribution is -0.154. The van der Waals surface area contributed by atoms with E-state index in [1.54, 1.807) is 25.8 Å². The van der Waals surface area contributed by atoms with Gasteiger partial charge in [-0.25, -0.2) is 0 Å². The molecule has 0 bridgehead atoms. The van der Waals surface area contributed by atoms with Crippen molar-refractivity contribution in [2.24, 2.45) is 5.92 Å². The molecule has 4 heteroatoms. The Hall–Kier alpha value is -0.610. The molecule has 0 rings (SSSR count). The molecule has 0 aliphatic heterocycles. The zero-order valence-electron chi connectivity index (χ0n) is 9.45. The van der Waals surface area contributed by atoms with Gasteiger partial charge in [0.15, 0.2) is 0 Å². The number of likely N-dealkylation sites (N-methyl/N-ethyl adjacent to an activating group) is 1. The van der Waals surface area contributed by atoms with E-state index in [1.807, 2.05) is 6.92 Å². The molecule has 0 aromatic heterocycles. The highest BCUT2D eigenvalue weighted by Crippen LogP contribution is 2.24. The van der Waals surface area contributed by atoms with Gasteiger partial charge < -0.3 is 10.2 Å². The zero-order valence-corrected chi connectivity index (χ0v) is 9.45. The van der Waals surface area contributed by atoms with Crippen LogP contribution in [0.15, 0.2) is 0 Å². The number of carboxylic acids is 1. The summed E-state index contributed by atoms with van der Waals surface area (Å²) in [5.41, 5.74) is -0.981. The Bertz CT molecular complexity index is 196. The minimum Gasteiger partial charge on any atom is -0.480 e. The molecule has 14 heavy (non-hydrogen) atoms. The molecule has 0 saturated carbocycles. The van der Waals surface area contributed by atoms with Crippen molar-refractivity contribution in [2.75, 3.05) is 20.2 Å². The number of aliphatic hydroxyl groups excluding tert-OH is 1. The maximum absolute atomic E-state index is 11.2. The zero-order chi connectivity index (χ0) is 11.4. The third-order valence-corrected chi connectivity index (χ3v) is 3.02. The van der Waals surface area contributed by atoms with Crippen LogP contribution in [0.1, 0.15) is 27.2 Å². The van der Waals surface area contributed by atoms with Crippen LogP contribution in [0.2, 0.25) is 0 Å². The lowest BCUT2D eigenvalue weighted by Gasteiger charge is -2.39. The van der Waals surface area contributed by atoms with Crippen LogP contribution in [0.25, 0.3) is 0 Å². The van der Waals surface area contributed by atoms with Gasteiger partial charge in [-0.05, 0) is 26.9 Å². The van der Waals surface area contributed by atoms with Crippen molar-refractivity contribution in [2.45, 2.75) is 32.7 Å². The van der Waals surface area contributed by atoms with Crippen LogP contribution in [-0.2, 0) is 4.79 Å². The number of hydrogen-bond donors (Lipinski definition) is 2. The van der Waals surface area contributed by atoms with Crippen molar-refractivity contribution < 1.29 is 15.0 Å². The van der Waals surface area contributed by atoms with E-state index in [-0.39, 0.29) is 12.5 Å². The summed E-state index contributed by atoms with van der Waals surface area (Å²) in [6.45, 7) is 6.01. The van der Waals surface area contributed by atoms with E-state index < -0.39 is 11.5 Å². The molecule has 2 unspecified atom stereocenters. The molecular weight excluding hydrogens is 182 g/mol. The standard InChI is InChI=1S/C10H21NO3/c1-5-6-11(4)10(3,9(13)14)8(2)7-12/h8,12H,5-7H2,1-4H3,(H,13,14). The number of rotatable bonds is 6. The number of hydrogen-bond acceptors (Lipinski definition) is 3. The number of carboxylic acid groups (broad SMARTS) is 1. The summed E-state index contributed by atoms with van der Waals surface area (Å²) in [7, 11) is 1.78. The van der Waals surface area contributed by atoms with Crippen molar-refractivity contribution in [3.05, 3.63) is 0 Å². The van der Waals surface area contributed by atoms with Crippen LogP contribution in [0.3, 0.4) is 0 Å². The third kappa shape index (κ3) is 2.45. The lowest BCUT2D eigenvalue weighted by Crippen LogP contribution is -2.56. The first-order chi connectivity index (χ1) is 6.41. The largest absolute Gasteiger partial charge is 0.480 e.